The van der Waals surface area contributed by atoms with Gasteiger partial charge in [-0.3, -0.25) is 18.2 Å². The van der Waals surface area contributed by atoms with Crippen molar-refractivity contribution in [2.24, 2.45) is 0 Å². The molecule has 4 N–H and O–H groups in total. The lowest BCUT2D eigenvalue weighted by atomic mass is 14.9. The molecule has 0 fully saturated rings. The van der Waals surface area contributed by atoms with Crippen LogP contribution in [0.5, 0.6) is 0 Å². The molecule has 15 heteroatoms. The number of rotatable bonds is 3. The van der Waals surface area contributed by atoms with Gasteiger partial charge in [0.25, 0.3) is 0 Å². The van der Waals surface area contributed by atoms with Crippen LogP contribution < -0.4 is 0 Å². The van der Waals surface area contributed by atoms with E-state index in [0.29, 0.717) is 0 Å². The summed E-state index contributed by atoms with van der Waals surface area (Å²) in [6.45, 7) is 0. The van der Waals surface area contributed by atoms with E-state index >= 15 is 0 Å². The predicted octanol–water partition coefficient (Wildman–Crippen LogP) is -2.11. The Morgan fingerprint density at radius 2 is 0.733 bits per heavy atom. The normalized spacial score (nSPS) is 12.8. The second-order valence-corrected chi connectivity index (χ2v) is 4.32. The third-order valence-corrected chi connectivity index (χ3v) is 0.766. The van der Waals surface area contributed by atoms with E-state index in [1.54, 1.807) is 0 Å². The van der Waals surface area contributed by atoms with Crippen LogP contribution in [0.1, 0.15) is 0 Å². The molecule has 0 aliphatic carbocycles. The van der Waals surface area contributed by atoms with Crippen molar-refractivity contribution in [1.29, 1.82) is 0 Å². The zero-order valence-corrected chi connectivity index (χ0v) is 8.73. The Kier molecular flexibility index (Phi) is 6.39. The molecule has 0 rings (SSSR count). The first-order chi connectivity index (χ1) is 6.21. The highest BCUT2D eigenvalue weighted by Gasteiger charge is 2.13. The van der Waals surface area contributed by atoms with Gasteiger partial charge in [0.15, 0.2) is 0 Å². The maximum absolute atomic E-state index is 9.51. The lowest BCUT2D eigenvalue weighted by Crippen LogP contribution is -2.10. The molecule has 0 aliphatic heterocycles. The van der Waals surface area contributed by atoms with Crippen LogP contribution in [0.15, 0.2) is 0 Å². The van der Waals surface area contributed by atoms with E-state index in [4.69, 9.17) is 26.6 Å². The highest BCUT2D eigenvalue weighted by molar-refractivity contribution is 7.83. The third kappa shape index (κ3) is 42.0. The van der Waals surface area contributed by atoms with E-state index in [-0.39, 0.29) is 0 Å². The molecule has 0 saturated carbocycles. The lowest BCUT2D eigenvalue weighted by molar-refractivity contribution is -0.105. The van der Waals surface area contributed by atoms with Crippen LogP contribution in [0.4, 0.5) is 0 Å². The Bertz CT molecular complexity index is 415. The van der Waals surface area contributed by atoms with Gasteiger partial charge in [-0.1, -0.05) is 8.67 Å². The highest BCUT2D eigenvalue weighted by Crippen LogP contribution is 1.92. The minimum absolute atomic E-state index is 2.78. The molecule has 0 amide bonds. The molecule has 0 spiro atoms. The van der Waals surface area contributed by atoms with Crippen molar-refractivity contribution in [2.45, 2.75) is 0 Å². The molecule has 0 bridgehead atoms. The summed E-state index contributed by atoms with van der Waals surface area (Å²) >= 11 is 0. The van der Waals surface area contributed by atoms with Crippen LogP contribution in [0.3, 0.4) is 0 Å². The van der Waals surface area contributed by atoms with Crippen LogP contribution in [-0.2, 0) is 39.9 Å². The summed E-state index contributed by atoms with van der Waals surface area (Å²) < 4.78 is 90.5. The van der Waals surface area contributed by atoms with Crippen LogP contribution in [0.25, 0.3) is 0 Å². The molecule has 94 valence electrons. The van der Waals surface area contributed by atoms with Gasteiger partial charge in [-0.2, -0.15) is 25.3 Å². The lowest BCUT2D eigenvalue weighted by Gasteiger charge is -1.92. The summed E-state index contributed by atoms with van der Waals surface area (Å²) in [5, 5.41) is 0. The number of hydrogen-bond acceptors (Lipinski definition) is 8. The van der Waals surface area contributed by atoms with Gasteiger partial charge in [-0.15, -0.1) is 0 Å². The molecule has 0 aliphatic rings. The van der Waals surface area contributed by atoms with Gasteiger partial charge in [-0.05, 0) is 0 Å². The predicted molar refractivity (Wildman–Crippen MR) is 39.4 cm³/mol. The summed E-state index contributed by atoms with van der Waals surface area (Å²) in [4.78, 5) is 0. The summed E-state index contributed by atoms with van der Waals surface area (Å²) in [6.07, 6.45) is 0. The van der Waals surface area contributed by atoms with Gasteiger partial charge in [0.05, 0.1) is 0 Å². The van der Waals surface area contributed by atoms with Gasteiger partial charge in [0, 0.05) is 0 Å². The van der Waals surface area contributed by atoms with Crippen molar-refractivity contribution in [3.63, 3.8) is 0 Å². The van der Waals surface area contributed by atoms with Gasteiger partial charge >= 0.3 is 31.2 Å². The van der Waals surface area contributed by atoms with E-state index < -0.39 is 31.2 Å². The van der Waals surface area contributed by atoms with Crippen molar-refractivity contribution >= 4 is 31.2 Å². The zero-order valence-electron chi connectivity index (χ0n) is 6.28. The first-order valence-electron chi connectivity index (χ1n) is 2.23. The maximum atomic E-state index is 9.51. The van der Waals surface area contributed by atoms with Crippen LogP contribution >= 0.6 is 0 Å². The third-order valence-electron chi connectivity index (χ3n) is 0.200. The molecule has 15 heavy (non-hydrogen) atoms. The molecule has 0 aromatic carbocycles. The fraction of sp³-hybridized carbons (Fsp3) is 0. The van der Waals surface area contributed by atoms with Gasteiger partial charge in [0.2, 0.25) is 0 Å². The molecule has 0 atom stereocenters. The largest absolute Gasteiger partial charge is 0.425 e. The Balaban J connectivity index is 0. The average Bonchev–Trinajstić information content (AvgIpc) is 1.76. The molecule has 0 unspecified atom stereocenters. The van der Waals surface area contributed by atoms with E-state index in [1.807, 2.05) is 0 Å². The fourth-order valence-corrected chi connectivity index (χ4v) is 0.632. The zero-order chi connectivity index (χ0) is 12.9. The van der Waals surface area contributed by atoms with Crippen LogP contribution in [0, 0.1) is 0 Å². The monoisotopic (exact) mass is 292 g/mol. The van der Waals surface area contributed by atoms with E-state index in [2.05, 4.69) is 8.67 Å². The van der Waals surface area contributed by atoms with Crippen molar-refractivity contribution in [3.05, 3.63) is 0 Å². The topological polar surface area (TPSA) is 202 Å². The average molecular weight is 292 g/mol. The first-order valence-corrected chi connectivity index (χ1v) is 6.36. The standard InChI is InChI=1S/H2O8S2.H2O4S/c1-9(2,3)7-8-10(4,5)6;1-5(2,3)4/h(H,1,2,3)(H,4,5,6);(H2,1,2,3,4). The number of hydrogen-bond donors (Lipinski definition) is 4. The maximum Gasteiger partial charge on any atom is 0.425 e. The van der Waals surface area contributed by atoms with Crippen LogP contribution in [0.2, 0.25) is 0 Å². The Labute approximate surface area is 83.8 Å². The molecule has 12 nitrogen and oxygen atoms in total. The quantitative estimate of drug-likeness (QED) is 0.250. The summed E-state index contributed by atoms with van der Waals surface area (Å²) in [5.74, 6) is 0. The van der Waals surface area contributed by atoms with Crippen LogP contribution in [-0.4, -0.2) is 43.5 Å². The SMILES string of the molecule is O=S(=O)(O)O.O=S(=O)(O)OOS(=O)(=O)O. The van der Waals surface area contributed by atoms with Crippen molar-refractivity contribution in [2.75, 3.05) is 0 Å². The van der Waals surface area contributed by atoms with Gasteiger partial charge in [0.1, 0.15) is 0 Å². The summed E-state index contributed by atoms with van der Waals surface area (Å²) in [7, 11) is -14.7. The minimum atomic E-state index is -5.02. The molecule has 0 saturated heterocycles. The molecular weight excluding hydrogens is 288 g/mol. The van der Waals surface area contributed by atoms with Crippen molar-refractivity contribution < 1.29 is 52.1 Å². The molecular formula is H4O12S3. The second kappa shape index (κ2) is 5.63. The van der Waals surface area contributed by atoms with E-state index in [1.165, 1.54) is 0 Å². The highest BCUT2D eigenvalue weighted by atomic mass is 32.3. The van der Waals surface area contributed by atoms with E-state index in [9.17, 15) is 16.8 Å². The van der Waals surface area contributed by atoms with E-state index in [0.717, 1.165) is 0 Å². The Morgan fingerprint density at radius 3 is 0.800 bits per heavy atom. The van der Waals surface area contributed by atoms with Crippen molar-refractivity contribution in [3.8, 4) is 0 Å². The molecule has 0 aromatic heterocycles. The Morgan fingerprint density at radius 1 is 0.600 bits per heavy atom. The minimum Gasteiger partial charge on any atom is -0.264 e. The van der Waals surface area contributed by atoms with Gasteiger partial charge < -0.3 is 0 Å². The molecule has 0 heterocycles. The summed E-state index contributed by atoms with van der Waals surface area (Å²) in [5.41, 5.74) is 0. The first kappa shape index (κ1) is 17.0. The van der Waals surface area contributed by atoms with Crippen molar-refractivity contribution in [1.82, 2.24) is 0 Å². The fourth-order valence-electron chi connectivity index (χ4n) is 0.0702. The smallest absolute Gasteiger partial charge is 0.264 e. The molecule has 0 radical (unpaired) electrons. The molecule has 0 aromatic rings. The van der Waals surface area contributed by atoms with Gasteiger partial charge in [-0.25, -0.2) is 0 Å². The summed E-state index contributed by atoms with van der Waals surface area (Å²) in [6, 6.07) is 0. The Hall–Kier alpha value is -0.390. The second-order valence-electron chi connectivity index (χ2n) is 1.44.